The van der Waals surface area contributed by atoms with Crippen LogP contribution < -0.4 is 5.73 Å². The van der Waals surface area contributed by atoms with Gasteiger partial charge in [-0.2, -0.15) is 0 Å². The van der Waals surface area contributed by atoms with Crippen molar-refractivity contribution in [1.82, 2.24) is 9.88 Å². The highest BCUT2D eigenvalue weighted by Crippen LogP contribution is 2.18. The van der Waals surface area contributed by atoms with E-state index in [0.717, 1.165) is 24.9 Å². The van der Waals surface area contributed by atoms with E-state index >= 15 is 0 Å². The molecule has 0 bridgehead atoms. The number of piperidine rings is 1. The Morgan fingerprint density at radius 3 is 2.76 bits per heavy atom. The molecule has 0 spiro atoms. The summed E-state index contributed by atoms with van der Waals surface area (Å²) >= 11 is 0. The maximum atomic E-state index is 10.7. The van der Waals surface area contributed by atoms with Gasteiger partial charge < -0.3 is 20.2 Å². The van der Waals surface area contributed by atoms with Crippen LogP contribution in [0.2, 0.25) is 0 Å². The Labute approximate surface area is 123 Å². The maximum Gasteiger partial charge on any atom is 0.225 e. The first kappa shape index (κ1) is 15.5. The summed E-state index contributed by atoms with van der Waals surface area (Å²) in [5.41, 5.74) is 6.69. The molecule has 1 atom stereocenters. The number of amides is 1. The molecule has 21 heavy (non-hydrogen) atoms. The highest BCUT2D eigenvalue weighted by molar-refractivity contribution is 5.76. The number of para-hydroxylation sites is 2. The molecule has 3 N–H and O–H groups in total. The fourth-order valence-electron chi connectivity index (χ4n) is 2.07. The summed E-state index contributed by atoms with van der Waals surface area (Å²) in [5.74, 6) is 0.583. The molecule has 0 saturated carbocycles. The van der Waals surface area contributed by atoms with Gasteiger partial charge in [0.05, 0.1) is 0 Å². The SMILES string of the molecule is CN1CCCCC1=O.NCC(O)c1nc2ccccc2o1. The minimum atomic E-state index is -0.813. The van der Waals surface area contributed by atoms with Crippen molar-refractivity contribution in [3.8, 4) is 0 Å². The third-order valence-electron chi connectivity index (χ3n) is 3.38. The number of fused-ring (bicyclic) bond motifs is 1. The summed E-state index contributed by atoms with van der Waals surface area (Å²) in [7, 11) is 1.86. The molecule has 3 rings (SSSR count). The average Bonchev–Trinajstić information content (AvgIpc) is 2.94. The first-order chi connectivity index (χ1) is 10.1. The molecule has 1 aromatic carbocycles. The number of aromatic nitrogens is 1. The van der Waals surface area contributed by atoms with Crippen molar-refractivity contribution in [3.63, 3.8) is 0 Å². The van der Waals surface area contributed by atoms with Crippen LogP contribution in [0.5, 0.6) is 0 Å². The summed E-state index contributed by atoms with van der Waals surface area (Å²) in [5, 5.41) is 9.35. The lowest BCUT2D eigenvalue weighted by Crippen LogP contribution is -2.31. The molecule has 1 aliphatic rings. The molecule has 1 unspecified atom stereocenters. The van der Waals surface area contributed by atoms with E-state index in [1.807, 2.05) is 25.2 Å². The first-order valence-corrected chi connectivity index (χ1v) is 7.09. The van der Waals surface area contributed by atoms with Gasteiger partial charge in [-0.15, -0.1) is 0 Å². The predicted molar refractivity (Wildman–Crippen MR) is 79.5 cm³/mol. The number of aliphatic hydroxyl groups excluding tert-OH is 1. The molecule has 1 saturated heterocycles. The van der Waals surface area contributed by atoms with E-state index in [4.69, 9.17) is 10.2 Å². The number of hydrogen-bond donors (Lipinski definition) is 2. The van der Waals surface area contributed by atoms with Crippen molar-refractivity contribution >= 4 is 17.0 Å². The zero-order valence-corrected chi connectivity index (χ0v) is 12.2. The molecule has 6 nitrogen and oxygen atoms in total. The fraction of sp³-hybridized carbons (Fsp3) is 0.467. The van der Waals surface area contributed by atoms with Crippen molar-refractivity contribution in [3.05, 3.63) is 30.2 Å². The van der Waals surface area contributed by atoms with Gasteiger partial charge in [-0.1, -0.05) is 12.1 Å². The van der Waals surface area contributed by atoms with Crippen molar-refractivity contribution in [1.29, 1.82) is 0 Å². The second-order valence-corrected chi connectivity index (χ2v) is 5.04. The van der Waals surface area contributed by atoms with E-state index in [1.54, 1.807) is 11.0 Å². The zero-order chi connectivity index (χ0) is 15.2. The van der Waals surface area contributed by atoms with Crippen LogP contribution in [0.1, 0.15) is 31.3 Å². The zero-order valence-electron chi connectivity index (χ0n) is 12.2. The van der Waals surface area contributed by atoms with Gasteiger partial charge in [-0.05, 0) is 25.0 Å². The second-order valence-electron chi connectivity index (χ2n) is 5.04. The lowest BCUT2D eigenvalue weighted by Gasteiger charge is -2.21. The van der Waals surface area contributed by atoms with E-state index in [2.05, 4.69) is 4.98 Å². The molecular formula is C15H21N3O3. The Kier molecular flexibility index (Phi) is 5.30. The molecule has 0 aliphatic carbocycles. The van der Waals surface area contributed by atoms with E-state index in [9.17, 15) is 9.90 Å². The Bertz CT molecular complexity index is 564. The number of oxazole rings is 1. The minimum absolute atomic E-state index is 0.118. The third-order valence-corrected chi connectivity index (χ3v) is 3.38. The Hall–Kier alpha value is -1.92. The monoisotopic (exact) mass is 291 g/mol. The standard InChI is InChI=1S/C9H10N2O2.C6H11NO/c10-5-7(12)9-11-6-3-1-2-4-8(6)13-9;1-7-5-3-2-4-6(7)8/h1-4,7,12H,5,10H2;2-5H2,1H3. The smallest absolute Gasteiger partial charge is 0.225 e. The van der Waals surface area contributed by atoms with Crippen molar-refractivity contribution in [2.75, 3.05) is 20.1 Å². The van der Waals surface area contributed by atoms with E-state index < -0.39 is 6.10 Å². The number of hydrogen-bond acceptors (Lipinski definition) is 5. The molecule has 2 heterocycles. The predicted octanol–water partition coefficient (Wildman–Crippen LogP) is 1.45. The van der Waals surface area contributed by atoms with Gasteiger partial charge in [0.2, 0.25) is 11.8 Å². The van der Waals surface area contributed by atoms with Crippen LogP contribution in [0.25, 0.3) is 11.1 Å². The van der Waals surface area contributed by atoms with E-state index in [-0.39, 0.29) is 12.4 Å². The number of nitrogens with two attached hydrogens (primary N) is 1. The van der Waals surface area contributed by atoms with Crippen LogP contribution >= 0.6 is 0 Å². The van der Waals surface area contributed by atoms with Crippen LogP contribution in [0.3, 0.4) is 0 Å². The first-order valence-electron chi connectivity index (χ1n) is 7.09. The number of likely N-dealkylation sites (tertiary alicyclic amines) is 1. The van der Waals surface area contributed by atoms with Crippen molar-refractivity contribution in [2.24, 2.45) is 5.73 Å². The van der Waals surface area contributed by atoms with Gasteiger partial charge in [0, 0.05) is 26.6 Å². The summed E-state index contributed by atoms with van der Waals surface area (Å²) < 4.78 is 5.28. The highest BCUT2D eigenvalue weighted by Gasteiger charge is 2.13. The van der Waals surface area contributed by atoms with Crippen molar-refractivity contribution in [2.45, 2.75) is 25.4 Å². The average molecular weight is 291 g/mol. The normalized spacial score (nSPS) is 16.5. The summed E-state index contributed by atoms with van der Waals surface area (Å²) in [6.45, 7) is 1.08. The molecule has 114 valence electrons. The van der Waals surface area contributed by atoms with Gasteiger partial charge in [-0.3, -0.25) is 4.79 Å². The molecule has 2 aromatic rings. The van der Waals surface area contributed by atoms with Crippen LogP contribution in [0.4, 0.5) is 0 Å². The summed E-state index contributed by atoms with van der Waals surface area (Å²) in [4.78, 5) is 16.6. The largest absolute Gasteiger partial charge is 0.438 e. The number of rotatable bonds is 2. The quantitative estimate of drug-likeness (QED) is 0.873. The lowest BCUT2D eigenvalue weighted by atomic mass is 10.1. The number of carbonyl (C=O) groups excluding carboxylic acids is 1. The van der Waals surface area contributed by atoms with Gasteiger partial charge in [0.1, 0.15) is 11.6 Å². The van der Waals surface area contributed by atoms with Crippen LogP contribution in [-0.2, 0) is 4.79 Å². The fourth-order valence-corrected chi connectivity index (χ4v) is 2.07. The van der Waals surface area contributed by atoms with Crippen LogP contribution in [0.15, 0.2) is 28.7 Å². The van der Waals surface area contributed by atoms with Crippen LogP contribution in [-0.4, -0.2) is 41.0 Å². The van der Waals surface area contributed by atoms with E-state index in [1.165, 1.54) is 6.42 Å². The minimum Gasteiger partial charge on any atom is -0.438 e. The molecule has 1 fully saturated rings. The topological polar surface area (TPSA) is 92.6 Å². The van der Waals surface area contributed by atoms with Gasteiger partial charge >= 0.3 is 0 Å². The van der Waals surface area contributed by atoms with Gasteiger partial charge in [0.15, 0.2) is 5.58 Å². The van der Waals surface area contributed by atoms with E-state index in [0.29, 0.717) is 11.5 Å². The number of carbonyl (C=O) groups is 1. The molecular weight excluding hydrogens is 270 g/mol. The number of benzene rings is 1. The Balaban J connectivity index is 0.000000173. The molecule has 1 aromatic heterocycles. The molecule has 0 radical (unpaired) electrons. The molecule has 1 amide bonds. The maximum absolute atomic E-state index is 10.7. The molecule has 6 heteroatoms. The van der Waals surface area contributed by atoms with Gasteiger partial charge in [-0.25, -0.2) is 4.98 Å². The van der Waals surface area contributed by atoms with Gasteiger partial charge in [0.25, 0.3) is 0 Å². The second kappa shape index (κ2) is 7.19. The number of aliphatic hydroxyl groups is 1. The Morgan fingerprint density at radius 2 is 2.19 bits per heavy atom. The number of nitrogens with zero attached hydrogens (tertiary/aromatic N) is 2. The highest BCUT2D eigenvalue weighted by atomic mass is 16.4. The summed E-state index contributed by atoms with van der Waals surface area (Å²) in [6, 6.07) is 7.34. The van der Waals surface area contributed by atoms with Crippen molar-refractivity contribution < 1.29 is 14.3 Å². The lowest BCUT2D eigenvalue weighted by molar-refractivity contribution is -0.131. The summed E-state index contributed by atoms with van der Waals surface area (Å²) in [6.07, 6.45) is 2.22. The molecule has 1 aliphatic heterocycles. The Morgan fingerprint density at radius 1 is 1.43 bits per heavy atom. The third kappa shape index (κ3) is 4.03. The van der Waals surface area contributed by atoms with Crippen LogP contribution in [0, 0.1) is 0 Å².